The molecule has 150 valence electrons. The van der Waals surface area contributed by atoms with Crippen molar-refractivity contribution in [2.75, 3.05) is 0 Å². The van der Waals surface area contributed by atoms with E-state index in [0.717, 1.165) is 24.8 Å². The van der Waals surface area contributed by atoms with Crippen molar-refractivity contribution >= 4 is 28.4 Å². The van der Waals surface area contributed by atoms with Crippen LogP contribution in [0.15, 0.2) is 48.7 Å². The van der Waals surface area contributed by atoms with Crippen LogP contribution in [0.4, 0.5) is 4.39 Å². The van der Waals surface area contributed by atoms with Crippen LogP contribution in [-0.4, -0.2) is 21.7 Å². The van der Waals surface area contributed by atoms with Crippen molar-refractivity contribution in [3.8, 4) is 0 Å². The molecule has 3 unspecified atom stereocenters. The van der Waals surface area contributed by atoms with Gasteiger partial charge in [0.25, 0.3) is 5.91 Å². The fourth-order valence-corrected chi connectivity index (χ4v) is 5.44. The fraction of sp³-hybridized carbons (Fsp3) is 0.391. The van der Waals surface area contributed by atoms with Gasteiger partial charge in [0.1, 0.15) is 5.82 Å². The fourth-order valence-electron chi connectivity index (χ4n) is 5.31. The molecule has 2 aliphatic carbocycles. The van der Waals surface area contributed by atoms with E-state index in [1.54, 1.807) is 36.5 Å². The summed E-state index contributed by atoms with van der Waals surface area (Å²) in [5.74, 6) is 1.46. The Bertz CT molecular complexity index is 1050. The molecule has 0 radical (unpaired) electrons. The summed E-state index contributed by atoms with van der Waals surface area (Å²) < 4.78 is 16.0. The zero-order chi connectivity index (χ0) is 20.1. The summed E-state index contributed by atoms with van der Waals surface area (Å²) in [6, 6.07) is 12.7. The van der Waals surface area contributed by atoms with Crippen molar-refractivity contribution in [2.24, 2.45) is 17.8 Å². The molecule has 6 heteroatoms. The normalized spacial score (nSPS) is 26.3. The highest BCUT2D eigenvalue weighted by atomic mass is 35.5. The van der Waals surface area contributed by atoms with E-state index in [4.69, 9.17) is 11.6 Å². The molecule has 5 rings (SSSR count). The number of nitrogens with one attached hydrogen (secondary N) is 1. The predicted molar refractivity (Wildman–Crippen MR) is 111 cm³/mol. The van der Waals surface area contributed by atoms with Crippen molar-refractivity contribution in [3.05, 3.63) is 65.1 Å². The van der Waals surface area contributed by atoms with Gasteiger partial charge in [-0.25, -0.2) is 4.39 Å². The smallest absolute Gasteiger partial charge is 0.251 e. The lowest BCUT2D eigenvalue weighted by Gasteiger charge is -2.22. The van der Waals surface area contributed by atoms with Gasteiger partial charge in [-0.15, -0.1) is 0 Å². The lowest BCUT2D eigenvalue weighted by molar-refractivity contribution is 0.0927. The summed E-state index contributed by atoms with van der Waals surface area (Å²) in [4.78, 5) is 12.6. The minimum absolute atomic E-state index is 0.0383. The number of benzene rings is 2. The lowest BCUT2D eigenvalue weighted by atomic mass is 9.99. The van der Waals surface area contributed by atoms with Crippen LogP contribution >= 0.6 is 11.6 Å². The first-order valence-corrected chi connectivity index (χ1v) is 10.6. The first-order valence-electron chi connectivity index (χ1n) is 10.2. The number of fused-ring (bicyclic) bond motifs is 2. The van der Waals surface area contributed by atoms with E-state index >= 15 is 0 Å². The number of carbonyl (C=O) groups excluding carboxylic acids is 1. The highest BCUT2D eigenvalue weighted by Crippen LogP contribution is 2.62. The molecule has 2 aliphatic rings. The Morgan fingerprint density at radius 2 is 1.97 bits per heavy atom. The first kappa shape index (κ1) is 18.6. The van der Waals surface area contributed by atoms with E-state index in [1.165, 1.54) is 6.07 Å². The van der Waals surface area contributed by atoms with Crippen molar-refractivity contribution in [2.45, 2.75) is 38.3 Å². The third-order valence-corrected chi connectivity index (χ3v) is 7.00. The van der Waals surface area contributed by atoms with E-state index in [-0.39, 0.29) is 17.8 Å². The maximum Gasteiger partial charge on any atom is 0.251 e. The molecule has 3 atom stereocenters. The number of nitrogens with zero attached hydrogens (tertiary/aromatic N) is 2. The Morgan fingerprint density at radius 1 is 1.24 bits per heavy atom. The molecular formula is C23H23ClFN3O. The zero-order valence-corrected chi connectivity index (χ0v) is 16.9. The van der Waals surface area contributed by atoms with E-state index in [9.17, 15) is 9.18 Å². The summed E-state index contributed by atoms with van der Waals surface area (Å²) in [5, 5.41) is 8.92. The zero-order valence-electron chi connectivity index (χ0n) is 16.2. The van der Waals surface area contributed by atoms with E-state index < -0.39 is 0 Å². The number of aromatic nitrogens is 2. The van der Waals surface area contributed by atoms with Gasteiger partial charge in [0, 0.05) is 16.6 Å². The molecule has 1 heterocycles. The highest BCUT2D eigenvalue weighted by Gasteiger charge is 2.59. The number of carbonyl (C=O) groups is 1. The van der Waals surface area contributed by atoms with Gasteiger partial charge >= 0.3 is 0 Å². The van der Waals surface area contributed by atoms with Gasteiger partial charge in [-0.05, 0) is 73.4 Å². The Labute approximate surface area is 174 Å². The second-order valence-corrected chi connectivity index (χ2v) is 8.72. The number of rotatable bonds is 5. The molecule has 2 fully saturated rings. The quantitative estimate of drug-likeness (QED) is 0.624. The van der Waals surface area contributed by atoms with Gasteiger partial charge in [0.15, 0.2) is 0 Å². The van der Waals surface area contributed by atoms with Gasteiger partial charge in [0.2, 0.25) is 0 Å². The Hall–Kier alpha value is -2.40. The van der Waals surface area contributed by atoms with Crippen molar-refractivity contribution in [1.82, 2.24) is 15.1 Å². The average Bonchev–Trinajstić information content (AvgIpc) is 3.08. The van der Waals surface area contributed by atoms with Crippen LogP contribution < -0.4 is 5.32 Å². The van der Waals surface area contributed by atoms with Crippen LogP contribution in [0.3, 0.4) is 0 Å². The summed E-state index contributed by atoms with van der Waals surface area (Å²) in [7, 11) is 0. The maximum atomic E-state index is 14.0. The van der Waals surface area contributed by atoms with E-state index in [0.29, 0.717) is 39.8 Å². The van der Waals surface area contributed by atoms with Crippen molar-refractivity contribution < 1.29 is 9.18 Å². The van der Waals surface area contributed by atoms with Crippen LogP contribution in [0.1, 0.15) is 42.6 Å². The molecular weight excluding hydrogens is 389 g/mol. The molecule has 0 aliphatic heterocycles. The predicted octanol–water partition coefficient (Wildman–Crippen LogP) is 5.23. The van der Waals surface area contributed by atoms with Gasteiger partial charge in [-0.1, -0.05) is 24.6 Å². The topological polar surface area (TPSA) is 46.9 Å². The minimum atomic E-state index is -0.217. The third kappa shape index (κ3) is 3.21. The lowest BCUT2D eigenvalue weighted by Crippen LogP contribution is -2.37. The molecule has 0 bridgehead atoms. The van der Waals surface area contributed by atoms with Gasteiger partial charge < -0.3 is 5.32 Å². The number of amides is 1. The minimum Gasteiger partial charge on any atom is -0.349 e. The Balaban J connectivity index is 1.25. The van der Waals surface area contributed by atoms with Crippen LogP contribution in [0.25, 0.3) is 10.9 Å². The molecule has 0 spiro atoms. The standard InChI is InChI=1S/C23H23ClFN3O/c1-2-20(27-23(29)13-6-8-14(24)9-7-13)22-16-10-15(11-17(16)22)28-21-5-3-4-19(25)18(21)12-26-28/h3-9,12,15-17,20,22H,2,10-11H2,1H3,(H,27,29). The molecule has 1 N–H and O–H groups in total. The molecule has 2 aromatic carbocycles. The SMILES string of the molecule is CCC(NC(=O)c1ccc(Cl)cc1)C1C2CC(n3ncc4c(F)cccc43)CC21. The largest absolute Gasteiger partial charge is 0.349 e. The second kappa shape index (κ2) is 7.13. The summed E-state index contributed by atoms with van der Waals surface area (Å²) in [6.07, 6.45) is 4.62. The molecule has 4 nitrogen and oxygen atoms in total. The van der Waals surface area contributed by atoms with Gasteiger partial charge in [0.05, 0.1) is 23.1 Å². The second-order valence-electron chi connectivity index (χ2n) is 8.29. The van der Waals surface area contributed by atoms with Crippen molar-refractivity contribution in [3.63, 3.8) is 0 Å². The average molecular weight is 412 g/mol. The molecule has 2 saturated carbocycles. The van der Waals surface area contributed by atoms with Crippen LogP contribution in [-0.2, 0) is 0 Å². The number of hydrogen-bond donors (Lipinski definition) is 1. The highest BCUT2D eigenvalue weighted by molar-refractivity contribution is 6.30. The van der Waals surface area contributed by atoms with Crippen molar-refractivity contribution in [1.29, 1.82) is 0 Å². The van der Waals surface area contributed by atoms with Gasteiger partial charge in [-0.3, -0.25) is 9.48 Å². The summed E-state index contributed by atoms with van der Waals surface area (Å²) in [6.45, 7) is 2.13. The van der Waals surface area contributed by atoms with E-state index in [1.807, 2.05) is 10.7 Å². The maximum absolute atomic E-state index is 14.0. The number of halogens is 2. The molecule has 1 amide bonds. The third-order valence-electron chi connectivity index (χ3n) is 6.75. The number of hydrogen-bond acceptors (Lipinski definition) is 2. The molecule has 1 aromatic heterocycles. The monoisotopic (exact) mass is 411 g/mol. The molecule has 3 aromatic rings. The molecule has 0 saturated heterocycles. The first-order chi connectivity index (χ1) is 14.1. The van der Waals surface area contributed by atoms with Gasteiger partial charge in [-0.2, -0.15) is 5.10 Å². The summed E-state index contributed by atoms with van der Waals surface area (Å²) in [5.41, 5.74) is 1.51. The summed E-state index contributed by atoms with van der Waals surface area (Å²) >= 11 is 5.92. The van der Waals surface area contributed by atoms with Crippen LogP contribution in [0, 0.1) is 23.6 Å². The Kier molecular flexibility index (Phi) is 4.58. The van der Waals surface area contributed by atoms with Crippen LogP contribution in [0.2, 0.25) is 5.02 Å². The van der Waals surface area contributed by atoms with Crippen LogP contribution in [0.5, 0.6) is 0 Å². The Morgan fingerprint density at radius 3 is 2.66 bits per heavy atom. The molecule has 29 heavy (non-hydrogen) atoms. The van der Waals surface area contributed by atoms with E-state index in [2.05, 4.69) is 17.3 Å².